The van der Waals surface area contributed by atoms with Crippen LogP contribution in [-0.2, 0) is 10.2 Å². The summed E-state index contributed by atoms with van der Waals surface area (Å²) in [5.74, 6) is 0.0143. The number of rotatable bonds is 3. The van der Waals surface area contributed by atoms with E-state index in [9.17, 15) is 9.59 Å². The van der Waals surface area contributed by atoms with E-state index >= 15 is 0 Å². The SMILES string of the molecule is CC(C)(C)C(=O)N1CCN(c2ccc(NC(=O)c3ccc(C(C)(C)C)cc3)cc2Cl)CC1. The fraction of sp³-hybridized carbons (Fsp3) is 0.462. The second-order valence-corrected chi connectivity index (χ2v) is 10.9. The summed E-state index contributed by atoms with van der Waals surface area (Å²) in [7, 11) is 0. The maximum Gasteiger partial charge on any atom is 0.255 e. The average Bonchev–Trinajstić information content (AvgIpc) is 2.72. The molecule has 0 unspecified atom stereocenters. The van der Waals surface area contributed by atoms with Crippen LogP contribution < -0.4 is 10.2 Å². The Morgan fingerprint density at radius 3 is 1.97 bits per heavy atom. The van der Waals surface area contributed by atoms with Gasteiger partial charge < -0.3 is 15.1 Å². The smallest absolute Gasteiger partial charge is 0.255 e. The Labute approximate surface area is 196 Å². The summed E-state index contributed by atoms with van der Waals surface area (Å²) >= 11 is 6.56. The highest BCUT2D eigenvalue weighted by Gasteiger charge is 2.30. The van der Waals surface area contributed by atoms with Crippen LogP contribution in [0.4, 0.5) is 11.4 Å². The Morgan fingerprint density at radius 2 is 1.47 bits per heavy atom. The summed E-state index contributed by atoms with van der Waals surface area (Å²) in [5.41, 5.74) is 3.05. The van der Waals surface area contributed by atoms with E-state index in [0.29, 0.717) is 29.4 Å². The van der Waals surface area contributed by atoms with Crippen molar-refractivity contribution in [2.24, 2.45) is 5.41 Å². The number of benzene rings is 2. The first kappa shape index (κ1) is 24.1. The highest BCUT2D eigenvalue weighted by atomic mass is 35.5. The fourth-order valence-electron chi connectivity index (χ4n) is 3.79. The van der Waals surface area contributed by atoms with Gasteiger partial charge in [-0.15, -0.1) is 0 Å². The molecular weight excluding hydrogens is 422 g/mol. The number of nitrogens with one attached hydrogen (secondary N) is 1. The van der Waals surface area contributed by atoms with Crippen molar-refractivity contribution in [3.8, 4) is 0 Å². The zero-order chi connectivity index (χ0) is 23.7. The molecule has 1 aliphatic heterocycles. The van der Waals surface area contributed by atoms with Crippen molar-refractivity contribution in [1.82, 2.24) is 4.90 Å². The number of carbonyl (C=O) groups excluding carboxylic acids is 2. The van der Waals surface area contributed by atoms with E-state index in [4.69, 9.17) is 11.6 Å². The maximum atomic E-state index is 12.7. The van der Waals surface area contributed by atoms with Gasteiger partial charge in [0.2, 0.25) is 5.91 Å². The molecule has 0 aromatic heterocycles. The van der Waals surface area contributed by atoms with Crippen LogP contribution in [-0.4, -0.2) is 42.9 Å². The summed E-state index contributed by atoms with van der Waals surface area (Å²) in [4.78, 5) is 29.3. The van der Waals surface area contributed by atoms with Crippen molar-refractivity contribution in [1.29, 1.82) is 0 Å². The van der Waals surface area contributed by atoms with Crippen LogP contribution in [0.2, 0.25) is 5.02 Å². The molecule has 1 aliphatic rings. The molecule has 0 spiro atoms. The first-order valence-corrected chi connectivity index (χ1v) is 11.5. The molecule has 0 atom stereocenters. The molecule has 1 N–H and O–H groups in total. The number of halogens is 1. The van der Waals surface area contributed by atoms with Crippen LogP contribution in [0.5, 0.6) is 0 Å². The van der Waals surface area contributed by atoms with Crippen LogP contribution in [0.3, 0.4) is 0 Å². The minimum absolute atomic E-state index is 0.0455. The average molecular weight is 456 g/mol. The third-order valence-corrected chi connectivity index (χ3v) is 6.07. The predicted molar refractivity (Wildman–Crippen MR) is 133 cm³/mol. The van der Waals surface area contributed by atoms with Crippen molar-refractivity contribution >= 4 is 34.8 Å². The van der Waals surface area contributed by atoms with E-state index in [-0.39, 0.29) is 22.6 Å². The van der Waals surface area contributed by atoms with E-state index < -0.39 is 0 Å². The van der Waals surface area contributed by atoms with Gasteiger partial charge in [-0.05, 0) is 41.3 Å². The van der Waals surface area contributed by atoms with Crippen molar-refractivity contribution in [3.05, 3.63) is 58.6 Å². The van der Waals surface area contributed by atoms with Gasteiger partial charge in [0.25, 0.3) is 5.91 Å². The Balaban J connectivity index is 1.63. The molecule has 1 saturated heterocycles. The Morgan fingerprint density at radius 1 is 0.875 bits per heavy atom. The normalized spacial score (nSPS) is 15.0. The van der Waals surface area contributed by atoms with Crippen LogP contribution >= 0.6 is 11.6 Å². The van der Waals surface area contributed by atoms with E-state index in [2.05, 4.69) is 31.0 Å². The van der Waals surface area contributed by atoms with Crippen LogP contribution in [0.25, 0.3) is 0 Å². The quantitative estimate of drug-likeness (QED) is 0.656. The van der Waals surface area contributed by atoms with Gasteiger partial charge in [-0.25, -0.2) is 0 Å². The lowest BCUT2D eigenvalue weighted by Gasteiger charge is -2.39. The third kappa shape index (κ3) is 5.63. The second kappa shape index (κ2) is 9.14. The summed E-state index contributed by atoms with van der Waals surface area (Å²) in [6.45, 7) is 15.1. The van der Waals surface area contributed by atoms with Crippen LogP contribution in [0.1, 0.15) is 57.5 Å². The van der Waals surface area contributed by atoms with Gasteiger partial charge in [0.05, 0.1) is 10.7 Å². The molecular formula is C26H34ClN3O2. The molecule has 32 heavy (non-hydrogen) atoms. The summed E-state index contributed by atoms with van der Waals surface area (Å²) in [6.07, 6.45) is 0. The third-order valence-electron chi connectivity index (χ3n) is 5.77. The molecule has 5 nitrogen and oxygen atoms in total. The fourth-order valence-corrected chi connectivity index (χ4v) is 4.09. The number of piperazine rings is 1. The van der Waals surface area contributed by atoms with E-state index in [1.54, 1.807) is 6.07 Å². The number of hydrogen-bond donors (Lipinski definition) is 1. The van der Waals surface area contributed by atoms with Crippen molar-refractivity contribution < 1.29 is 9.59 Å². The minimum atomic E-state index is -0.368. The van der Waals surface area contributed by atoms with Gasteiger partial charge in [0.1, 0.15) is 0 Å². The van der Waals surface area contributed by atoms with Crippen LogP contribution in [0.15, 0.2) is 42.5 Å². The summed E-state index contributed by atoms with van der Waals surface area (Å²) in [6, 6.07) is 13.3. The Bertz CT molecular complexity index is 980. The topological polar surface area (TPSA) is 52.7 Å². The van der Waals surface area contributed by atoms with Crippen LogP contribution in [0, 0.1) is 5.41 Å². The van der Waals surface area contributed by atoms with Crippen molar-refractivity contribution in [3.63, 3.8) is 0 Å². The van der Waals surface area contributed by atoms with Gasteiger partial charge in [-0.3, -0.25) is 9.59 Å². The van der Waals surface area contributed by atoms with E-state index in [1.165, 1.54) is 5.56 Å². The first-order chi connectivity index (χ1) is 14.9. The van der Waals surface area contributed by atoms with Crippen molar-refractivity contribution in [2.45, 2.75) is 47.0 Å². The molecule has 0 bridgehead atoms. The molecule has 0 saturated carbocycles. The molecule has 0 aliphatic carbocycles. The molecule has 2 amide bonds. The number of hydrogen-bond acceptors (Lipinski definition) is 3. The summed E-state index contributed by atoms with van der Waals surface area (Å²) < 4.78 is 0. The molecule has 172 valence electrons. The highest BCUT2D eigenvalue weighted by Crippen LogP contribution is 2.31. The number of nitrogens with zero attached hydrogens (tertiary/aromatic N) is 2. The van der Waals surface area contributed by atoms with Gasteiger partial charge in [0, 0.05) is 42.8 Å². The standard InChI is InChI=1S/C26H34ClN3O2/c1-25(2,3)19-9-7-18(8-10-19)23(31)28-20-11-12-22(21(27)17-20)29-13-15-30(16-14-29)24(32)26(4,5)6/h7-12,17H,13-16H2,1-6H3,(H,28,31). The monoisotopic (exact) mass is 455 g/mol. The molecule has 3 rings (SSSR count). The predicted octanol–water partition coefficient (Wildman–Crippen LogP) is 5.58. The zero-order valence-corrected chi connectivity index (χ0v) is 20.7. The molecule has 2 aromatic rings. The molecule has 1 fully saturated rings. The largest absolute Gasteiger partial charge is 0.367 e. The number of anilines is 2. The van der Waals surface area contributed by atoms with Gasteiger partial charge in [-0.2, -0.15) is 0 Å². The minimum Gasteiger partial charge on any atom is -0.367 e. The number of amides is 2. The van der Waals surface area contributed by atoms with Gasteiger partial charge in [0.15, 0.2) is 0 Å². The lowest BCUT2D eigenvalue weighted by molar-refractivity contribution is -0.139. The lowest BCUT2D eigenvalue weighted by atomic mass is 9.87. The highest BCUT2D eigenvalue weighted by molar-refractivity contribution is 6.33. The zero-order valence-electron chi connectivity index (χ0n) is 20.0. The summed E-state index contributed by atoms with van der Waals surface area (Å²) in [5, 5.41) is 3.52. The van der Waals surface area contributed by atoms with Gasteiger partial charge in [-0.1, -0.05) is 65.3 Å². The Kier molecular flexibility index (Phi) is 6.89. The maximum absolute atomic E-state index is 12.7. The molecule has 1 heterocycles. The number of carbonyl (C=O) groups is 2. The van der Waals surface area contributed by atoms with E-state index in [1.807, 2.05) is 62.1 Å². The van der Waals surface area contributed by atoms with Gasteiger partial charge >= 0.3 is 0 Å². The molecule has 6 heteroatoms. The first-order valence-electron chi connectivity index (χ1n) is 11.1. The molecule has 2 aromatic carbocycles. The second-order valence-electron chi connectivity index (χ2n) is 10.5. The molecule has 0 radical (unpaired) electrons. The Hall–Kier alpha value is -2.53. The van der Waals surface area contributed by atoms with Crippen molar-refractivity contribution in [2.75, 3.05) is 36.4 Å². The van der Waals surface area contributed by atoms with E-state index in [0.717, 1.165) is 18.8 Å². The lowest BCUT2D eigenvalue weighted by Crippen LogP contribution is -2.51.